The Morgan fingerprint density at radius 2 is 2.29 bits per heavy atom. The molecular weight excluding hydrogens is 319 g/mol. The van der Waals surface area contributed by atoms with Crippen LogP contribution in [0.3, 0.4) is 0 Å². The van der Waals surface area contributed by atoms with E-state index in [4.69, 9.17) is 11.6 Å². The van der Waals surface area contributed by atoms with Crippen molar-refractivity contribution >= 4 is 39.9 Å². The van der Waals surface area contributed by atoms with Crippen molar-refractivity contribution in [2.45, 2.75) is 6.10 Å². The smallest absolute Gasteiger partial charge is 0.136 e. The van der Waals surface area contributed by atoms with E-state index >= 15 is 0 Å². The highest BCUT2D eigenvalue weighted by Crippen LogP contribution is 2.16. The number of aliphatic hydroxyl groups excluding tert-OH is 1. The molecular formula is C9H10ClFINO. The molecule has 0 aliphatic rings. The molecule has 0 aliphatic heterocycles. The molecule has 2 nitrogen and oxygen atoms in total. The molecule has 0 saturated carbocycles. The monoisotopic (exact) mass is 329 g/mol. The van der Waals surface area contributed by atoms with Crippen molar-refractivity contribution in [3.8, 4) is 0 Å². The summed E-state index contributed by atoms with van der Waals surface area (Å²) >= 11 is 7.34. The van der Waals surface area contributed by atoms with Gasteiger partial charge in [0.1, 0.15) is 5.82 Å². The van der Waals surface area contributed by atoms with Crippen molar-refractivity contribution < 1.29 is 9.50 Å². The molecule has 1 aromatic rings. The van der Waals surface area contributed by atoms with Gasteiger partial charge in [-0.05, 0) is 40.8 Å². The second kappa shape index (κ2) is 5.72. The topological polar surface area (TPSA) is 32.3 Å². The zero-order chi connectivity index (χ0) is 10.6. The van der Waals surface area contributed by atoms with E-state index in [1.807, 2.05) is 22.6 Å². The average Bonchev–Trinajstić information content (AvgIpc) is 2.19. The summed E-state index contributed by atoms with van der Waals surface area (Å²) in [6.07, 6.45) is -0.584. The molecule has 14 heavy (non-hydrogen) atoms. The van der Waals surface area contributed by atoms with Gasteiger partial charge in [-0.25, -0.2) is 4.39 Å². The molecule has 0 bridgehead atoms. The minimum atomic E-state index is -0.584. The maximum absolute atomic E-state index is 12.9. The standard InChI is InChI=1S/C9H10ClFINO/c10-4-7(14)5-13-6-1-2-8(11)9(12)3-6/h1-3,7,13-14H,4-5H2. The van der Waals surface area contributed by atoms with Crippen molar-refractivity contribution in [2.75, 3.05) is 17.7 Å². The normalized spacial score (nSPS) is 12.6. The van der Waals surface area contributed by atoms with E-state index in [0.29, 0.717) is 10.1 Å². The van der Waals surface area contributed by atoms with Crippen LogP contribution in [0.5, 0.6) is 0 Å². The Labute approximate surface area is 101 Å². The van der Waals surface area contributed by atoms with E-state index in [-0.39, 0.29) is 11.7 Å². The van der Waals surface area contributed by atoms with Crippen LogP contribution in [0.1, 0.15) is 0 Å². The van der Waals surface area contributed by atoms with Gasteiger partial charge in [0, 0.05) is 12.2 Å². The van der Waals surface area contributed by atoms with Crippen molar-refractivity contribution in [1.82, 2.24) is 0 Å². The Balaban J connectivity index is 2.55. The molecule has 0 fully saturated rings. The lowest BCUT2D eigenvalue weighted by molar-refractivity contribution is 0.211. The summed E-state index contributed by atoms with van der Waals surface area (Å²) in [6.45, 7) is 0.366. The molecule has 1 aromatic carbocycles. The van der Waals surface area contributed by atoms with Gasteiger partial charge in [0.25, 0.3) is 0 Å². The van der Waals surface area contributed by atoms with Crippen LogP contribution in [0, 0.1) is 9.39 Å². The van der Waals surface area contributed by atoms with Gasteiger partial charge in [-0.1, -0.05) is 0 Å². The molecule has 0 radical (unpaired) electrons. The lowest BCUT2D eigenvalue weighted by atomic mass is 10.3. The number of hydrogen-bond donors (Lipinski definition) is 2. The summed E-state index contributed by atoms with van der Waals surface area (Å²) in [7, 11) is 0. The third-order valence-electron chi connectivity index (χ3n) is 1.64. The summed E-state index contributed by atoms with van der Waals surface area (Å²) in [6, 6.07) is 4.69. The first-order valence-electron chi connectivity index (χ1n) is 4.06. The maximum Gasteiger partial charge on any atom is 0.136 e. The summed E-state index contributed by atoms with van der Waals surface area (Å²) < 4.78 is 13.4. The first kappa shape index (κ1) is 12.0. The number of hydrogen-bond acceptors (Lipinski definition) is 2. The van der Waals surface area contributed by atoms with E-state index in [0.717, 1.165) is 5.69 Å². The average molecular weight is 330 g/mol. The first-order chi connectivity index (χ1) is 6.63. The Kier molecular flexibility index (Phi) is 4.91. The van der Waals surface area contributed by atoms with Gasteiger partial charge >= 0.3 is 0 Å². The molecule has 0 aliphatic carbocycles. The molecule has 1 rings (SSSR count). The largest absolute Gasteiger partial charge is 0.390 e. The number of rotatable bonds is 4. The van der Waals surface area contributed by atoms with Crippen LogP contribution in [0.2, 0.25) is 0 Å². The molecule has 0 amide bonds. The first-order valence-corrected chi connectivity index (χ1v) is 5.67. The zero-order valence-corrected chi connectivity index (χ0v) is 10.2. The highest BCUT2D eigenvalue weighted by atomic mass is 127. The van der Waals surface area contributed by atoms with E-state index in [9.17, 15) is 9.50 Å². The molecule has 0 spiro atoms. The van der Waals surface area contributed by atoms with Gasteiger partial charge in [0.2, 0.25) is 0 Å². The Bertz CT molecular complexity index is 311. The van der Waals surface area contributed by atoms with E-state index in [2.05, 4.69) is 5.32 Å². The highest BCUT2D eigenvalue weighted by molar-refractivity contribution is 14.1. The van der Waals surface area contributed by atoms with Gasteiger partial charge < -0.3 is 10.4 Å². The van der Waals surface area contributed by atoms with Crippen LogP contribution in [0.25, 0.3) is 0 Å². The number of alkyl halides is 1. The fourth-order valence-electron chi connectivity index (χ4n) is 0.896. The third kappa shape index (κ3) is 3.59. The van der Waals surface area contributed by atoms with Crippen molar-refractivity contribution in [2.24, 2.45) is 0 Å². The third-order valence-corrected chi connectivity index (χ3v) is 2.82. The van der Waals surface area contributed by atoms with Crippen LogP contribution in [0.4, 0.5) is 10.1 Å². The number of benzene rings is 1. The Hall–Kier alpha value is -0.0700. The molecule has 1 unspecified atom stereocenters. The SMILES string of the molecule is OC(CCl)CNc1ccc(F)c(I)c1. The lowest BCUT2D eigenvalue weighted by Gasteiger charge is -2.10. The summed E-state index contributed by atoms with van der Waals surface area (Å²) in [5.41, 5.74) is 0.778. The summed E-state index contributed by atoms with van der Waals surface area (Å²) in [5, 5.41) is 12.1. The molecule has 78 valence electrons. The number of nitrogens with one attached hydrogen (secondary N) is 1. The van der Waals surface area contributed by atoms with E-state index in [1.165, 1.54) is 6.07 Å². The van der Waals surface area contributed by atoms with Crippen molar-refractivity contribution in [3.63, 3.8) is 0 Å². The minimum absolute atomic E-state index is 0.186. The van der Waals surface area contributed by atoms with Gasteiger partial charge in [-0.3, -0.25) is 0 Å². The van der Waals surface area contributed by atoms with Crippen LogP contribution in [0.15, 0.2) is 18.2 Å². The molecule has 0 aromatic heterocycles. The summed E-state index contributed by atoms with van der Waals surface area (Å²) in [5.74, 6) is -0.0558. The predicted octanol–water partition coefficient (Wildman–Crippen LogP) is 2.44. The summed E-state index contributed by atoms with van der Waals surface area (Å²) in [4.78, 5) is 0. The predicted molar refractivity (Wildman–Crippen MR) is 64.3 cm³/mol. The molecule has 0 heterocycles. The van der Waals surface area contributed by atoms with Crippen LogP contribution in [-0.4, -0.2) is 23.6 Å². The Morgan fingerprint density at radius 1 is 1.57 bits per heavy atom. The van der Waals surface area contributed by atoms with Gasteiger partial charge in [0.15, 0.2) is 0 Å². The quantitative estimate of drug-likeness (QED) is 0.657. The van der Waals surface area contributed by atoms with E-state index < -0.39 is 6.10 Å². The number of halogens is 3. The zero-order valence-electron chi connectivity index (χ0n) is 7.30. The van der Waals surface area contributed by atoms with Crippen LogP contribution >= 0.6 is 34.2 Å². The number of anilines is 1. The van der Waals surface area contributed by atoms with Crippen LogP contribution in [-0.2, 0) is 0 Å². The van der Waals surface area contributed by atoms with Crippen LogP contribution < -0.4 is 5.32 Å². The van der Waals surface area contributed by atoms with Gasteiger partial charge in [-0.15, -0.1) is 11.6 Å². The molecule has 1 atom stereocenters. The van der Waals surface area contributed by atoms with Crippen molar-refractivity contribution in [3.05, 3.63) is 27.6 Å². The minimum Gasteiger partial charge on any atom is -0.390 e. The lowest BCUT2D eigenvalue weighted by Crippen LogP contribution is -2.20. The second-order valence-corrected chi connectivity index (χ2v) is 4.29. The maximum atomic E-state index is 12.9. The molecule has 5 heteroatoms. The highest BCUT2D eigenvalue weighted by Gasteiger charge is 2.03. The number of aliphatic hydroxyl groups is 1. The fourth-order valence-corrected chi connectivity index (χ4v) is 1.52. The second-order valence-electron chi connectivity index (χ2n) is 2.82. The fraction of sp³-hybridized carbons (Fsp3) is 0.333. The Morgan fingerprint density at radius 3 is 2.86 bits per heavy atom. The van der Waals surface area contributed by atoms with E-state index in [1.54, 1.807) is 12.1 Å². The van der Waals surface area contributed by atoms with Crippen molar-refractivity contribution in [1.29, 1.82) is 0 Å². The van der Waals surface area contributed by atoms with Gasteiger partial charge in [-0.2, -0.15) is 0 Å². The van der Waals surface area contributed by atoms with Gasteiger partial charge in [0.05, 0.1) is 15.6 Å². The molecule has 2 N–H and O–H groups in total. The molecule has 0 saturated heterocycles.